The lowest BCUT2D eigenvalue weighted by molar-refractivity contribution is -0.154. The van der Waals surface area contributed by atoms with Crippen molar-refractivity contribution in [3.63, 3.8) is 0 Å². The van der Waals surface area contributed by atoms with Gasteiger partial charge in [-0.05, 0) is 161 Å². The number of aliphatic hydroxyl groups excluding tert-OH is 1. The highest BCUT2D eigenvalue weighted by Gasteiger charge is 2.26. The summed E-state index contributed by atoms with van der Waals surface area (Å²) in [6, 6.07) is 21.8. The van der Waals surface area contributed by atoms with E-state index in [0.717, 1.165) is 120 Å². The van der Waals surface area contributed by atoms with Gasteiger partial charge in [0.25, 0.3) is 0 Å². The van der Waals surface area contributed by atoms with Gasteiger partial charge in [0.05, 0.1) is 18.9 Å². The standard InChI is InChI=1S/C20H25NO4.C14H18O3.C9H9ClO2.C7H12O3/c22-18(25-15-7-1-2-8-15)12-24-20(23)21-19-16-9-3-5-13(16)11-14-6-4-10-17(14)19;15-14(17-13-8-4-5-9-13)11-16-10-12-6-2-1-3-7-12;10-9(11)7-12-6-8-4-2-1-3-5-8;8-5-7(9)10-6-3-1-2-4-6/h11,15H,1-10,12H2,(H,21,23);1-3,6-7,13H,4-5,8-11H2;1-5H,6-7H2;6,8H,1-5H2. The molecule has 3 aromatic carbocycles. The van der Waals surface area contributed by atoms with Gasteiger partial charge in [-0.15, -0.1) is 0 Å². The largest absolute Gasteiger partial charge is 0.461 e. The van der Waals surface area contributed by atoms with Gasteiger partial charge in [0.15, 0.2) is 6.61 Å². The fraction of sp³-hybridized carbons (Fsp3) is 0.540. The number of benzene rings is 3. The molecule has 1 amide bonds. The zero-order valence-electron chi connectivity index (χ0n) is 36.9. The molecule has 3 fully saturated rings. The van der Waals surface area contributed by atoms with Crippen molar-refractivity contribution in [2.75, 3.05) is 31.7 Å². The van der Waals surface area contributed by atoms with E-state index in [1.165, 1.54) is 35.1 Å². The monoisotopic (exact) mass is 905 g/mol. The van der Waals surface area contributed by atoms with Crippen molar-refractivity contribution < 1.29 is 57.5 Å². The Labute approximate surface area is 381 Å². The lowest BCUT2D eigenvalue weighted by Crippen LogP contribution is -2.24. The molecule has 13 nitrogen and oxygen atoms in total. The van der Waals surface area contributed by atoms with Gasteiger partial charge < -0.3 is 33.5 Å². The summed E-state index contributed by atoms with van der Waals surface area (Å²) in [4.78, 5) is 56.2. The van der Waals surface area contributed by atoms with Crippen LogP contribution in [0.5, 0.6) is 0 Å². The highest BCUT2D eigenvalue weighted by Crippen LogP contribution is 2.38. The van der Waals surface area contributed by atoms with Crippen LogP contribution in [0, 0.1) is 0 Å². The van der Waals surface area contributed by atoms with Crippen molar-refractivity contribution >= 4 is 46.5 Å². The first-order valence-electron chi connectivity index (χ1n) is 22.9. The van der Waals surface area contributed by atoms with Crippen molar-refractivity contribution in [2.45, 2.75) is 147 Å². The molecule has 0 heterocycles. The molecule has 14 heteroatoms. The summed E-state index contributed by atoms with van der Waals surface area (Å²) in [5, 5.41) is 10.8. The number of carbonyl (C=O) groups excluding carboxylic acids is 5. The number of carbonyl (C=O) groups is 5. The molecular formula is C50H64ClNO12. The van der Waals surface area contributed by atoms with E-state index in [2.05, 4.69) is 11.4 Å². The summed E-state index contributed by atoms with van der Waals surface area (Å²) in [5.41, 5.74) is 8.28. The highest BCUT2D eigenvalue weighted by molar-refractivity contribution is 6.63. The molecule has 0 radical (unpaired) electrons. The van der Waals surface area contributed by atoms with E-state index in [0.29, 0.717) is 13.2 Å². The van der Waals surface area contributed by atoms with Crippen LogP contribution < -0.4 is 5.32 Å². The molecule has 8 rings (SSSR count). The van der Waals surface area contributed by atoms with Crippen LogP contribution in [-0.4, -0.2) is 79.1 Å². The topological polar surface area (TPSA) is 173 Å². The van der Waals surface area contributed by atoms with E-state index in [-0.39, 0.29) is 44.1 Å². The molecule has 0 saturated heterocycles. The molecule has 0 unspecified atom stereocenters. The zero-order valence-corrected chi connectivity index (χ0v) is 37.6. The van der Waals surface area contributed by atoms with Crippen LogP contribution in [0.4, 0.5) is 10.5 Å². The molecule has 5 aliphatic rings. The number of nitrogens with one attached hydrogen (secondary N) is 1. The van der Waals surface area contributed by atoms with Crippen molar-refractivity contribution in [1.29, 1.82) is 0 Å². The maximum atomic E-state index is 12.2. The van der Waals surface area contributed by atoms with Crippen LogP contribution in [0.2, 0.25) is 0 Å². The van der Waals surface area contributed by atoms with E-state index in [9.17, 15) is 24.0 Å². The first-order chi connectivity index (χ1) is 31.2. The molecule has 3 aromatic rings. The van der Waals surface area contributed by atoms with Gasteiger partial charge in [-0.1, -0.05) is 66.7 Å². The van der Waals surface area contributed by atoms with Gasteiger partial charge >= 0.3 is 24.0 Å². The van der Waals surface area contributed by atoms with Gasteiger partial charge in [0.2, 0.25) is 5.24 Å². The Hall–Kier alpha value is -4.82. The smallest absolute Gasteiger partial charge is 0.412 e. The van der Waals surface area contributed by atoms with Crippen molar-refractivity contribution in [3.8, 4) is 0 Å². The Kier molecular flexibility index (Phi) is 22.1. The minimum Gasteiger partial charge on any atom is -0.461 e. The summed E-state index contributed by atoms with van der Waals surface area (Å²) in [7, 11) is 0. The molecule has 0 atom stereocenters. The predicted octanol–water partition coefficient (Wildman–Crippen LogP) is 8.82. The van der Waals surface area contributed by atoms with Gasteiger partial charge in [-0.25, -0.2) is 19.2 Å². The summed E-state index contributed by atoms with van der Waals surface area (Å²) < 4.78 is 30.9. The number of fused-ring (bicyclic) bond motifs is 2. The second kappa shape index (κ2) is 28.2. The molecule has 64 heavy (non-hydrogen) atoms. The van der Waals surface area contributed by atoms with Gasteiger partial charge in [-0.2, -0.15) is 0 Å². The number of ether oxygens (including phenoxy) is 6. The molecule has 5 aliphatic carbocycles. The van der Waals surface area contributed by atoms with E-state index in [4.69, 9.17) is 45.1 Å². The highest BCUT2D eigenvalue weighted by atomic mass is 35.5. The second-order valence-corrected chi connectivity index (χ2v) is 17.0. The lowest BCUT2D eigenvalue weighted by atomic mass is 9.99. The van der Waals surface area contributed by atoms with Gasteiger partial charge in [0.1, 0.15) is 38.1 Å². The summed E-state index contributed by atoms with van der Waals surface area (Å²) in [6.07, 6.45) is 18.7. The van der Waals surface area contributed by atoms with Crippen molar-refractivity contribution in [3.05, 3.63) is 100 Å². The predicted molar refractivity (Wildman–Crippen MR) is 241 cm³/mol. The molecule has 0 aromatic heterocycles. The third-order valence-electron chi connectivity index (χ3n) is 11.6. The number of aliphatic hydroxyl groups is 1. The fourth-order valence-electron chi connectivity index (χ4n) is 8.56. The maximum absolute atomic E-state index is 12.2. The third kappa shape index (κ3) is 18.3. The van der Waals surface area contributed by atoms with Crippen molar-refractivity contribution in [1.82, 2.24) is 0 Å². The first kappa shape index (κ1) is 50.2. The Morgan fingerprint density at radius 3 is 1.41 bits per heavy atom. The van der Waals surface area contributed by atoms with Gasteiger partial charge in [-0.3, -0.25) is 10.1 Å². The van der Waals surface area contributed by atoms with Crippen LogP contribution in [-0.2, 0) is 86.5 Å². The number of rotatable bonds is 15. The fourth-order valence-corrected chi connectivity index (χ4v) is 8.64. The van der Waals surface area contributed by atoms with E-state index in [1.807, 2.05) is 60.7 Å². The van der Waals surface area contributed by atoms with Gasteiger partial charge in [0, 0.05) is 0 Å². The lowest BCUT2D eigenvalue weighted by Gasteiger charge is -2.16. The molecule has 2 N–H and O–H groups in total. The minimum absolute atomic E-state index is 0.000164. The number of anilines is 1. The van der Waals surface area contributed by atoms with Crippen LogP contribution in [0.25, 0.3) is 0 Å². The molecule has 0 spiro atoms. The maximum Gasteiger partial charge on any atom is 0.412 e. The van der Waals surface area contributed by atoms with Crippen LogP contribution in [0.3, 0.4) is 0 Å². The average Bonchev–Trinajstić information content (AvgIpc) is 4.17. The Bertz CT molecular complexity index is 1880. The molecular weight excluding hydrogens is 842 g/mol. The molecule has 348 valence electrons. The average molecular weight is 907 g/mol. The zero-order chi connectivity index (χ0) is 45.4. The van der Waals surface area contributed by atoms with Crippen LogP contribution in [0.15, 0.2) is 66.7 Å². The number of aryl methyl sites for hydroxylation is 2. The summed E-state index contributed by atoms with van der Waals surface area (Å²) in [6.45, 7) is 0.0950. The number of esters is 3. The molecule has 0 aliphatic heterocycles. The first-order valence-corrected chi connectivity index (χ1v) is 23.3. The normalized spacial score (nSPS) is 16.4. The number of halogens is 1. The van der Waals surface area contributed by atoms with Crippen LogP contribution >= 0.6 is 11.6 Å². The number of amides is 1. The Balaban J connectivity index is 0.000000172. The Morgan fingerprint density at radius 1 is 0.547 bits per heavy atom. The number of hydrogen-bond acceptors (Lipinski definition) is 12. The Morgan fingerprint density at radius 2 is 0.969 bits per heavy atom. The third-order valence-corrected chi connectivity index (χ3v) is 11.7. The SMILES string of the molecule is O=C(CO)OC1CCCC1.O=C(COC(=O)Nc1c2c(cc3c1CCC3)CCC2)OC1CCCC1.O=C(COCc1ccccc1)OC1CCCC1.O=C(Cl)COCc1ccccc1. The van der Waals surface area contributed by atoms with Crippen molar-refractivity contribution in [2.24, 2.45) is 0 Å². The van der Waals surface area contributed by atoms with E-state index >= 15 is 0 Å². The number of hydrogen-bond donors (Lipinski definition) is 2. The quantitative estimate of drug-likeness (QED) is 0.0845. The summed E-state index contributed by atoms with van der Waals surface area (Å²) >= 11 is 5.08. The molecule has 0 bridgehead atoms. The van der Waals surface area contributed by atoms with E-state index in [1.54, 1.807) is 0 Å². The molecule has 3 saturated carbocycles. The second-order valence-electron chi connectivity index (χ2n) is 16.6. The summed E-state index contributed by atoms with van der Waals surface area (Å²) in [5.74, 6) is -1.19. The minimum atomic E-state index is -0.558. The van der Waals surface area contributed by atoms with Crippen LogP contribution in [0.1, 0.15) is 123 Å². The van der Waals surface area contributed by atoms with E-state index < -0.39 is 29.9 Å².